The standard InChI is InChI=1S/C24H18N2O3/c27-24(28)17-7-8-22-21(14-17)20(19-6-2-1-4-18(19)15-29-22)10-13-26-12-9-16-5-3-11-25-23(16)26/h1-12,14H,13,15H2,(H,27,28). The van der Waals surface area contributed by atoms with Crippen LogP contribution in [0.3, 0.4) is 0 Å². The van der Waals surface area contributed by atoms with Gasteiger partial charge in [-0.2, -0.15) is 0 Å². The molecule has 1 aliphatic rings. The van der Waals surface area contributed by atoms with Gasteiger partial charge in [-0.3, -0.25) is 0 Å². The first-order valence-corrected chi connectivity index (χ1v) is 9.39. The number of aromatic carboxylic acids is 1. The smallest absolute Gasteiger partial charge is 0.335 e. The van der Waals surface area contributed by atoms with E-state index >= 15 is 0 Å². The molecule has 0 unspecified atom stereocenters. The van der Waals surface area contributed by atoms with Crippen LogP contribution in [0.5, 0.6) is 5.75 Å². The van der Waals surface area contributed by atoms with E-state index in [1.165, 1.54) is 0 Å². The molecular weight excluding hydrogens is 364 g/mol. The molecule has 0 aliphatic carbocycles. The number of hydrogen-bond acceptors (Lipinski definition) is 3. The fraction of sp³-hybridized carbons (Fsp3) is 0.0833. The van der Waals surface area contributed by atoms with E-state index in [0.29, 0.717) is 18.9 Å². The second-order valence-corrected chi connectivity index (χ2v) is 6.96. The van der Waals surface area contributed by atoms with Crippen molar-refractivity contribution < 1.29 is 14.6 Å². The van der Waals surface area contributed by atoms with Gasteiger partial charge in [-0.25, -0.2) is 9.78 Å². The first kappa shape index (κ1) is 17.3. The van der Waals surface area contributed by atoms with Crippen molar-refractivity contribution >= 4 is 22.6 Å². The number of carboxylic acid groups (broad SMARTS) is 1. The lowest BCUT2D eigenvalue weighted by Gasteiger charge is -2.12. The lowest BCUT2D eigenvalue weighted by molar-refractivity contribution is 0.0697. The van der Waals surface area contributed by atoms with Crippen LogP contribution in [-0.2, 0) is 13.2 Å². The molecule has 0 radical (unpaired) electrons. The average molecular weight is 382 g/mol. The van der Waals surface area contributed by atoms with Crippen LogP contribution in [0.1, 0.15) is 27.0 Å². The summed E-state index contributed by atoms with van der Waals surface area (Å²) >= 11 is 0. The molecule has 2 aromatic carbocycles. The molecule has 142 valence electrons. The lowest BCUT2D eigenvalue weighted by Crippen LogP contribution is -2.00. The molecule has 0 atom stereocenters. The van der Waals surface area contributed by atoms with Crippen LogP contribution < -0.4 is 4.74 Å². The monoisotopic (exact) mass is 382 g/mol. The number of hydrogen-bond donors (Lipinski definition) is 1. The first-order chi connectivity index (χ1) is 14.2. The summed E-state index contributed by atoms with van der Waals surface area (Å²) in [5.74, 6) is -0.266. The van der Waals surface area contributed by atoms with Gasteiger partial charge in [0.25, 0.3) is 0 Å². The molecule has 2 aromatic heterocycles. The highest BCUT2D eigenvalue weighted by Crippen LogP contribution is 2.37. The van der Waals surface area contributed by atoms with Gasteiger partial charge >= 0.3 is 5.97 Å². The number of fused-ring (bicyclic) bond motifs is 3. The molecule has 5 heteroatoms. The Kier molecular flexibility index (Phi) is 4.13. The fourth-order valence-electron chi connectivity index (χ4n) is 3.79. The van der Waals surface area contributed by atoms with Gasteiger partial charge in [0.1, 0.15) is 18.0 Å². The minimum Gasteiger partial charge on any atom is -0.488 e. The largest absolute Gasteiger partial charge is 0.488 e. The third-order valence-corrected chi connectivity index (χ3v) is 5.22. The number of allylic oxidation sites excluding steroid dienone is 1. The van der Waals surface area contributed by atoms with E-state index in [0.717, 1.165) is 33.3 Å². The normalized spacial score (nSPS) is 14.1. The number of ether oxygens (including phenoxy) is 1. The zero-order chi connectivity index (χ0) is 19.8. The highest BCUT2D eigenvalue weighted by molar-refractivity contribution is 5.92. The van der Waals surface area contributed by atoms with Crippen molar-refractivity contribution in [3.63, 3.8) is 0 Å². The molecule has 1 N–H and O–H groups in total. The lowest BCUT2D eigenvalue weighted by atomic mass is 9.93. The van der Waals surface area contributed by atoms with E-state index in [2.05, 4.69) is 21.7 Å². The van der Waals surface area contributed by atoms with Crippen LogP contribution in [-0.4, -0.2) is 20.6 Å². The third kappa shape index (κ3) is 3.06. The van der Waals surface area contributed by atoms with E-state index < -0.39 is 5.97 Å². The highest BCUT2D eigenvalue weighted by Gasteiger charge is 2.20. The number of rotatable bonds is 3. The third-order valence-electron chi connectivity index (χ3n) is 5.22. The van der Waals surface area contributed by atoms with Gasteiger partial charge < -0.3 is 14.4 Å². The van der Waals surface area contributed by atoms with Crippen molar-refractivity contribution in [2.75, 3.05) is 0 Å². The second kappa shape index (κ2) is 6.95. The summed E-state index contributed by atoms with van der Waals surface area (Å²) in [4.78, 5) is 16.0. The van der Waals surface area contributed by atoms with E-state index in [9.17, 15) is 9.90 Å². The zero-order valence-corrected chi connectivity index (χ0v) is 15.6. The number of aromatic nitrogens is 2. The van der Waals surface area contributed by atoms with Gasteiger partial charge in [0, 0.05) is 29.9 Å². The predicted molar refractivity (Wildman–Crippen MR) is 111 cm³/mol. The topological polar surface area (TPSA) is 64.3 Å². The van der Waals surface area contributed by atoms with Gasteiger partial charge in [-0.1, -0.05) is 30.3 Å². The minimum absolute atomic E-state index is 0.241. The summed E-state index contributed by atoms with van der Waals surface area (Å²) < 4.78 is 8.08. The van der Waals surface area contributed by atoms with Gasteiger partial charge in [-0.05, 0) is 53.1 Å². The first-order valence-electron chi connectivity index (χ1n) is 9.39. The number of carbonyl (C=O) groups is 1. The summed E-state index contributed by atoms with van der Waals surface area (Å²) in [7, 11) is 0. The summed E-state index contributed by atoms with van der Waals surface area (Å²) in [6.45, 7) is 1.06. The average Bonchev–Trinajstić information content (AvgIpc) is 3.09. The molecule has 4 aromatic rings. The Labute approximate surface area is 167 Å². The number of nitrogens with zero attached hydrogens (tertiary/aromatic N) is 2. The van der Waals surface area contributed by atoms with E-state index in [-0.39, 0.29) is 5.56 Å². The molecule has 1 aliphatic heterocycles. The Morgan fingerprint density at radius 3 is 2.90 bits per heavy atom. The number of pyridine rings is 1. The van der Waals surface area contributed by atoms with Crippen molar-refractivity contribution in [2.24, 2.45) is 0 Å². The Morgan fingerprint density at radius 1 is 1.10 bits per heavy atom. The van der Waals surface area contributed by atoms with Crippen molar-refractivity contribution in [3.05, 3.63) is 101 Å². The Morgan fingerprint density at radius 2 is 2.00 bits per heavy atom. The summed E-state index contributed by atoms with van der Waals surface area (Å²) in [5.41, 5.74) is 5.04. The van der Waals surface area contributed by atoms with Crippen LogP contribution >= 0.6 is 0 Å². The number of carboxylic acids is 1. The molecule has 0 fully saturated rings. The Bertz CT molecular complexity index is 1270. The molecule has 5 nitrogen and oxygen atoms in total. The van der Waals surface area contributed by atoms with E-state index in [1.807, 2.05) is 42.6 Å². The summed E-state index contributed by atoms with van der Waals surface area (Å²) in [6, 6.07) is 19.1. The van der Waals surface area contributed by atoms with Crippen LogP contribution in [0.25, 0.3) is 16.6 Å². The molecular formula is C24H18N2O3. The van der Waals surface area contributed by atoms with Gasteiger partial charge in [0.2, 0.25) is 0 Å². The maximum atomic E-state index is 11.5. The predicted octanol–water partition coefficient (Wildman–Crippen LogP) is 4.76. The molecule has 0 amide bonds. The molecule has 0 bridgehead atoms. The van der Waals surface area contributed by atoms with Crippen LogP contribution in [0.4, 0.5) is 0 Å². The molecule has 3 heterocycles. The van der Waals surface area contributed by atoms with Crippen LogP contribution in [0, 0.1) is 0 Å². The van der Waals surface area contributed by atoms with Crippen LogP contribution in [0.2, 0.25) is 0 Å². The van der Waals surface area contributed by atoms with Crippen molar-refractivity contribution in [1.82, 2.24) is 9.55 Å². The van der Waals surface area contributed by atoms with Crippen molar-refractivity contribution in [2.45, 2.75) is 13.2 Å². The molecule has 5 rings (SSSR count). The summed E-state index contributed by atoms with van der Waals surface area (Å²) in [5, 5.41) is 10.6. The Balaban J connectivity index is 1.66. The molecule has 29 heavy (non-hydrogen) atoms. The van der Waals surface area contributed by atoms with Gasteiger partial charge in [0.05, 0.1) is 5.56 Å². The molecule has 0 saturated heterocycles. The number of benzene rings is 2. The quantitative estimate of drug-likeness (QED) is 0.555. The van der Waals surface area contributed by atoms with E-state index in [1.54, 1.807) is 24.4 Å². The van der Waals surface area contributed by atoms with Gasteiger partial charge in [0.15, 0.2) is 0 Å². The van der Waals surface area contributed by atoms with Crippen molar-refractivity contribution in [1.29, 1.82) is 0 Å². The van der Waals surface area contributed by atoms with Gasteiger partial charge in [-0.15, -0.1) is 0 Å². The Hall–Kier alpha value is -3.86. The highest BCUT2D eigenvalue weighted by atomic mass is 16.5. The maximum Gasteiger partial charge on any atom is 0.335 e. The SMILES string of the molecule is O=C(O)c1ccc2c(c1)C(=CCn1ccc3cccnc31)c1ccccc1CO2. The fourth-order valence-corrected chi connectivity index (χ4v) is 3.79. The summed E-state index contributed by atoms with van der Waals surface area (Å²) in [6.07, 6.45) is 5.92. The second-order valence-electron chi connectivity index (χ2n) is 6.96. The maximum absolute atomic E-state index is 11.5. The van der Waals surface area contributed by atoms with E-state index in [4.69, 9.17) is 4.74 Å². The van der Waals surface area contributed by atoms with Crippen molar-refractivity contribution in [3.8, 4) is 5.75 Å². The zero-order valence-electron chi connectivity index (χ0n) is 15.6. The molecule has 0 spiro atoms. The molecule has 0 saturated carbocycles. The van der Waals surface area contributed by atoms with Crippen LogP contribution in [0.15, 0.2) is 79.1 Å². The minimum atomic E-state index is -0.953.